The molecule has 1 heterocycles. The number of methoxy groups -OCH3 is 1. The topological polar surface area (TPSA) is 94.3 Å². The summed E-state index contributed by atoms with van der Waals surface area (Å²) in [7, 11) is 1.33. The van der Waals surface area contributed by atoms with E-state index in [2.05, 4.69) is 10.3 Å². The molecule has 136 valence electrons. The summed E-state index contributed by atoms with van der Waals surface area (Å²) in [5.74, 6) is -0.775. The number of esters is 1. The number of amides is 1. The van der Waals surface area contributed by atoms with E-state index in [0.717, 1.165) is 11.1 Å². The van der Waals surface area contributed by atoms with E-state index >= 15 is 0 Å². The second-order valence-electron chi connectivity index (χ2n) is 5.57. The van der Waals surface area contributed by atoms with Crippen molar-refractivity contribution in [1.29, 1.82) is 0 Å². The van der Waals surface area contributed by atoms with Crippen molar-refractivity contribution >= 4 is 34.0 Å². The summed E-state index contributed by atoms with van der Waals surface area (Å²) < 4.78 is 4.73. The van der Waals surface area contributed by atoms with Crippen LogP contribution in [0.25, 0.3) is 17.0 Å². The number of benzene rings is 2. The molecule has 7 heteroatoms. The Labute approximate surface area is 160 Å². The van der Waals surface area contributed by atoms with Crippen LogP contribution >= 0.6 is 11.3 Å². The molecule has 0 bridgehead atoms. The number of aromatic nitrogens is 1. The van der Waals surface area contributed by atoms with Crippen molar-refractivity contribution < 1.29 is 14.3 Å². The van der Waals surface area contributed by atoms with Crippen LogP contribution < -0.4 is 11.1 Å². The highest BCUT2D eigenvalue weighted by molar-refractivity contribution is 7.14. The number of carbonyl (C=O) groups excluding carboxylic acids is 2. The fraction of sp³-hybridized carbons (Fsp3) is 0.0500. The molecule has 0 aliphatic carbocycles. The van der Waals surface area contributed by atoms with Gasteiger partial charge in [-0.1, -0.05) is 42.5 Å². The molecule has 0 atom stereocenters. The van der Waals surface area contributed by atoms with Gasteiger partial charge in [0.15, 0.2) is 5.13 Å². The summed E-state index contributed by atoms with van der Waals surface area (Å²) in [6, 6.07) is 16.2. The minimum Gasteiger partial charge on any atom is -0.465 e. The Bertz CT molecular complexity index is 996. The molecule has 27 heavy (non-hydrogen) atoms. The standard InChI is InChI=1S/C20H17N3O3S/c1-26-19(25)15-9-5-8-14(10-15)17-12-27-20(22-17)23-18(24)11-16(21)13-6-3-2-4-7-13/h2-12H,21H2,1H3,(H,22,23,24). The largest absolute Gasteiger partial charge is 0.465 e. The number of thiazole rings is 1. The number of rotatable bonds is 5. The second kappa shape index (κ2) is 8.29. The summed E-state index contributed by atoms with van der Waals surface area (Å²) in [4.78, 5) is 28.2. The van der Waals surface area contributed by atoms with Gasteiger partial charge >= 0.3 is 5.97 Å². The first kappa shape index (κ1) is 18.3. The van der Waals surface area contributed by atoms with Crippen molar-refractivity contribution in [3.05, 3.63) is 77.2 Å². The molecule has 3 N–H and O–H groups in total. The predicted molar refractivity (Wildman–Crippen MR) is 106 cm³/mol. The number of nitrogens with zero attached hydrogens (tertiary/aromatic N) is 1. The summed E-state index contributed by atoms with van der Waals surface area (Å²) in [6.45, 7) is 0. The summed E-state index contributed by atoms with van der Waals surface area (Å²) in [5.41, 5.74) is 8.93. The maximum Gasteiger partial charge on any atom is 0.337 e. The molecule has 0 spiro atoms. The predicted octanol–water partition coefficient (Wildman–Crippen LogP) is 3.54. The van der Waals surface area contributed by atoms with Crippen molar-refractivity contribution in [2.75, 3.05) is 12.4 Å². The van der Waals surface area contributed by atoms with Gasteiger partial charge < -0.3 is 10.5 Å². The molecule has 0 aliphatic heterocycles. The monoisotopic (exact) mass is 379 g/mol. The minimum absolute atomic E-state index is 0.361. The lowest BCUT2D eigenvalue weighted by atomic mass is 10.1. The second-order valence-corrected chi connectivity index (χ2v) is 6.42. The molecule has 0 fully saturated rings. The molecule has 0 unspecified atom stereocenters. The number of carbonyl (C=O) groups is 2. The van der Waals surface area contributed by atoms with Crippen LogP contribution in [-0.4, -0.2) is 24.0 Å². The van der Waals surface area contributed by atoms with Gasteiger partial charge in [-0.05, 0) is 17.7 Å². The number of anilines is 1. The molecule has 3 aromatic rings. The van der Waals surface area contributed by atoms with Gasteiger partial charge in [0, 0.05) is 22.7 Å². The molecule has 2 aromatic carbocycles. The Morgan fingerprint density at radius 3 is 2.59 bits per heavy atom. The smallest absolute Gasteiger partial charge is 0.337 e. The van der Waals surface area contributed by atoms with Gasteiger partial charge in [-0.25, -0.2) is 9.78 Å². The van der Waals surface area contributed by atoms with E-state index in [0.29, 0.717) is 22.1 Å². The maximum atomic E-state index is 12.2. The van der Waals surface area contributed by atoms with E-state index in [-0.39, 0.29) is 5.91 Å². The van der Waals surface area contributed by atoms with Gasteiger partial charge in [0.2, 0.25) is 0 Å². The van der Waals surface area contributed by atoms with Gasteiger partial charge in [-0.15, -0.1) is 11.3 Å². The van der Waals surface area contributed by atoms with Crippen LogP contribution in [0.2, 0.25) is 0 Å². The summed E-state index contributed by atoms with van der Waals surface area (Å²) in [6.07, 6.45) is 1.33. The lowest BCUT2D eigenvalue weighted by Gasteiger charge is -2.02. The van der Waals surface area contributed by atoms with E-state index in [1.807, 2.05) is 36.4 Å². The number of hydrogen-bond acceptors (Lipinski definition) is 6. The van der Waals surface area contributed by atoms with Gasteiger partial charge in [0.1, 0.15) is 0 Å². The zero-order valence-electron chi connectivity index (χ0n) is 14.5. The summed E-state index contributed by atoms with van der Waals surface area (Å²) in [5, 5.41) is 4.94. The first-order valence-electron chi connectivity index (χ1n) is 8.04. The van der Waals surface area contributed by atoms with Gasteiger partial charge in [0.25, 0.3) is 5.91 Å². The average molecular weight is 379 g/mol. The van der Waals surface area contributed by atoms with E-state index in [4.69, 9.17) is 10.5 Å². The van der Waals surface area contributed by atoms with Crippen LogP contribution in [0.4, 0.5) is 5.13 Å². The number of nitrogens with one attached hydrogen (secondary N) is 1. The fourth-order valence-electron chi connectivity index (χ4n) is 2.38. The van der Waals surface area contributed by atoms with Crippen molar-refractivity contribution in [1.82, 2.24) is 4.98 Å². The average Bonchev–Trinajstić information content (AvgIpc) is 3.16. The number of nitrogens with two attached hydrogens (primary N) is 1. The Balaban J connectivity index is 1.73. The van der Waals surface area contributed by atoms with E-state index in [9.17, 15) is 9.59 Å². The third kappa shape index (κ3) is 4.59. The van der Waals surface area contributed by atoms with E-state index < -0.39 is 5.97 Å². The highest BCUT2D eigenvalue weighted by Gasteiger charge is 2.10. The molecule has 3 rings (SSSR count). The molecule has 1 amide bonds. The molecule has 1 aromatic heterocycles. The quantitative estimate of drug-likeness (QED) is 0.522. The normalized spacial score (nSPS) is 11.1. The highest BCUT2D eigenvalue weighted by atomic mass is 32.1. The minimum atomic E-state index is -0.415. The molecular formula is C20H17N3O3S. The van der Waals surface area contributed by atoms with Crippen LogP contribution in [0, 0.1) is 0 Å². The summed E-state index contributed by atoms with van der Waals surface area (Å²) >= 11 is 1.29. The Hall–Kier alpha value is -3.45. The first-order chi connectivity index (χ1) is 13.1. The maximum absolute atomic E-state index is 12.2. The van der Waals surface area contributed by atoms with Crippen molar-refractivity contribution in [3.63, 3.8) is 0 Å². The van der Waals surface area contributed by atoms with Crippen LogP contribution in [-0.2, 0) is 9.53 Å². The molecule has 6 nitrogen and oxygen atoms in total. The van der Waals surface area contributed by atoms with Crippen LogP contribution in [0.3, 0.4) is 0 Å². The molecule has 0 saturated carbocycles. The highest BCUT2D eigenvalue weighted by Crippen LogP contribution is 2.26. The lowest BCUT2D eigenvalue weighted by Crippen LogP contribution is -2.10. The number of ether oxygens (including phenoxy) is 1. The van der Waals surface area contributed by atoms with Crippen LogP contribution in [0.5, 0.6) is 0 Å². The van der Waals surface area contributed by atoms with Gasteiger partial charge in [0.05, 0.1) is 18.4 Å². The van der Waals surface area contributed by atoms with E-state index in [1.165, 1.54) is 24.5 Å². The third-order valence-corrected chi connectivity index (χ3v) is 4.47. The van der Waals surface area contributed by atoms with Gasteiger partial charge in [-0.2, -0.15) is 0 Å². The number of hydrogen-bond donors (Lipinski definition) is 2. The Kier molecular flexibility index (Phi) is 5.63. The van der Waals surface area contributed by atoms with Gasteiger partial charge in [-0.3, -0.25) is 10.1 Å². The van der Waals surface area contributed by atoms with Crippen molar-refractivity contribution in [2.24, 2.45) is 5.73 Å². The van der Waals surface area contributed by atoms with Crippen molar-refractivity contribution in [2.45, 2.75) is 0 Å². The molecule has 0 aliphatic rings. The zero-order chi connectivity index (χ0) is 19.2. The molecule has 0 radical (unpaired) electrons. The zero-order valence-corrected chi connectivity index (χ0v) is 15.3. The fourth-order valence-corrected chi connectivity index (χ4v) is 3.11. The Morgan fingerprint density at radius 1 is 1.11 bits per heavy atom. The third-order valence-electron chi connectivity index (χ3n) is 3.71. The van der Waals surface area contributed by atoms with E-state index in [1.54, 1.807) is 23.6 Å². The molecular weight excluding hydrogens is 362 g/mol. The lowest BCUT2D eigenvalue weighted by molar-refractivity contribution is -0.111. The van der Waals surface area contributed by atoms with Crippen LogP contribution in [0.1, 0.15) is 15.9 Å². The first-order valence-corrected chi connectivity index (χ1v) is 8.92. The molecule has 0 saturated heterocycles. The van der Waals surface area contributed by atoms with Crippen LogP contribution in [0.15, 0.2) is 66.1 Å². The van der Waals surface area contributed by atoms with Crippen molar-refractivity contribution in [3.8, 4) is 11.3 Å². The SMILES string of the molecule is COC(=O)c1cccc(-c2csc(NC(=O)C=C(N)c3ccccc3)n2)c1. The Morgan fingerprint density at radius 2 is 1.85 bits per heavy atom.